The second-order valence-corrected chi connectivity index (χ2v) is 7.79. The summed E-state index contributed by atoms with van der Waals surface area (Å²) in [7, 11) is 0. The van der Waals surface area contributed by atoms with E-state index in [4.69, 9.17) is 4.74 Å². The zero-order chi connectivity index (χ0) is 18.9. The van der Waals surface area contributed by atoms with E-state index in [0.29, 0.717) is 57.2 Å². The molecule has 2 aliphatic heterocycles. The molecule has 0 atom stereocenters. The summed E-state index contributed by atoms with van der Waals surface area (Å²) in [5.41, 5.74) is 1.22. The Hall–Kier alpha value is -2.05. The summed E-state index contributed by atoms with van der Waals surface area (Å²) < 4.78 is 7.46. The fraction of sp³-hybridized carbons (Fsp3) is 0.737. The summed E-state index contributed by atoms with van der Waals surface area (Å²) in [6.07, 6.45) is 2.04. The molecule has 26 heavy (non-hydrogen) atoms. The molecule has 1 aromatic rings. The van der Waals surface area contributed by atoms with Gasteiger partial charge in [-0.2, -0.15) is 5.10 Å². The van der Waals surface area contributed by atoms with Crippen LogP contribution in [0.25, 0.3) is 0 Å². The number of hydrogen-bond donors (Lipinski definition) is 0. The molecule has 7 heteroatoms. The molecule has 1 aromatic heterocycles. The normalized spacial score (nSPS) is 19.5. The fourth-order valence-electron chi connectivity index (χ4n) is 3.88. The van der Waals surface area contributed by atoms with Gasteiger partial charge in [0.25, 0.3) is 5.91 Å². The molecule has 3 rings (SSSR count). The second kappa shape index (κ2) is 7.29. The third-order valence-corrected chi connectivity index (χ3v) is 5.35. The Bertz CT molecular complexity index is 674. The Balaban J connectivity index is 1.67. The predicted octanol–water partition coefficient (Wildman–Crippen LogP) is 2.55. The predicted molar refractivity (Wildman–Crippen MR) is 98.0 cm³/mol. The molecule has 0 unspecified atom stereocenters. The quantitative estimate of drug-likeness (QED) is 0.807. The molecule has 2 saturated heterocycles. The maximum atomic E-state index is 13.0. The molecule has 7 nitrogen and oxygen atoms in total. The van der Waals surface area contributed by atoms with Gasteiger partial charge in [-0.15, -0.1) is 0 Å². The second-order valence-electron chi connectivity index (χ2n) is 7.79. The molecule has 0 saturated carbocycles. The van der Waals surface area contributed by atoms with Gasteiger partial charge in [0.15, 0.2) is 0 Å². The summed E-state index contributed by atoms with van der Waals surface area (Å²) in [5.74, 6) is 0.535. The van der Waals surface area contributed by atoms with E-state index in [-0.39, 0.29) is 12.0 Å². The molecule has 2 aliphatic rings. The highest BCUT2D eigenvalue weighted by Crippen LogP contribution is 2.33. The zero-order valence-corrected chi connectivity index (χ0v) is 16.3. The number of carbonyl (C=O) groups excluding carboxylic acids is 2. The van der Waals surface area contributed by atoms with Crippen molar-refractivity contribution in [1.29, 1.82) is 0 Å². The highest BCUT2D eigenvalue weighted by molar-refractivity contribution is 5.92. The zero-order valence-electron chi connectivity index (χ0n) is 16.3. The van der Waals surface area contributed by atoms with Crippen molar-refractivity contribution >= 4 is 12.0 Å². The van der Waals surface area contributed by atoms with Crippen LogP contribution in [0.1, 0.15) is 56.7 Å². The maximum absolute atomic E-state index is 13.0. The Morgan fingerprint density at radius 3 is 2.50 bits per heavy atom. The number of carbonyl (C=O) groups is 2. The third-order valence-electron chi connectivity index (χ3n) is 5.35. The summed E-state index contributed by atoms with van der Waals surface area (Å²) in [6.45, 7) is 11.5. The minimum atomic E-state index is -0.419. The molecular formula is C19H30N4O3. The number of likely N-dealkylation sites (tertiary alicyclic amines) is 1. The minimum absolute atomic E-state index is 0.0286. The largest absolute Gasteiger partial charge is 0.441 e. The van der Waals surface area contributed by atoms with Crippen LogP contribution >= 0.6 is 0 Å². The molecule has 3 heterocycles. The van der Waals surface area contributed by atoms with Gasteiger partial charge in [0.05, 0.1) is 12.2 Å². The van der Waals surface area contributed by atoms with Crippen molar-refractivity contribution < 1.29 is 14.3 Å². The van der Waals surface area contributed by atoms with Crippen LogP contribution in [-0.2, 0) is 17.7 Å². The van der Waals surface area contributed by atoms with Gasteiger partial charge in [-0.25, -0.2) is 4.79 Å². The first-order valence-electron chi connectivity index (χ1n) is 9.71. The number of nitrogens with zero attached hydrogens (tertiary/aromatic N) is 4. The van der Waals surface area contributed by atoms with Gasteiger partial charge >= 0.3 is 6.09 Å². The Labute approximate surface area is 155 Å². The molecule has 1 spiro atoms. The van der Waals surface area contributed by atoms with Crippen LogP contribution in [0, 0.1) is 5.92 Å². The first-order chi connectivity index (χ1) is 12.4. The van der Waals surface area contributed by atoms with E-state index in [2.05, 4.69) is 18.9 Å². The Morgan fingerprint density at radius 2 is 1.96 bits per heavy atom. The number of rotatable bonds is 5. The van der Waals surface area contributed by atoms with E-state index in [0.717, 1.165) is 12.1 Å². The van der Waals surface area contributed by atoms with Crippen molar-refractivity contribution in [1.82, 2.24) is 19.6 Å². The van der Waals surface area contributed by atoms with Gasteiger partial charge in [-0.1, -0.05) is 13.8 Å². The maximum Gasteiger partial charge on any atom is 0.410 e. The molecule has 2 amide bonds. The van der Waals surface area contributed by atoms with Gasteiger partial charge in [0.1, 0.15) is 11.3 Å². The lowest BCUT2D eigenvalue weighted by atomic mass is 9.91. The summed E-state index contributed by atoms with van der Waals surface area (Å²) in [4.78, 5) is 28.5. The van der Waals surface area contributed by atoms with Crippen LogP contribution in [-0.4, -0.2) is 63.4 Å². The number of aromatic nitrogens is 2. The summed E-state index contributed by atoms with van der Waals surface area (Å²) >= 11 is 0. The third kappa shape index (κ3) is 3.57. The van der Waals surface area contributed by atoms with Gasteiger partial charge in [0, 0.05) is 39.0 Å². The molecule has 0 bridgehead atoms. The first kappa shape index (κ1) is 18.7. The molecule has 144 valence electrons. The van der Waals surface area contributed by atoms with Crippen LogP contribution in [0.3, 0.4) is 0 Å². The van der Waals surface area contributed by atoms with Crippen molar-refractivity contribution in [2.75, 3.05) is 26.2 Å². The van der Waals surface area contributed by atoms with Gasteiger partial charge in [-0.05, 0) is 32.3 Å². The van der Waals surface area contributed by atoms with Gasteiger partial charge in [0.2, 0.25) is 0 Å². The van der Waals surface area contributed by atoms with E-state index in [1.807, 2.05) is 24.8 Å². The fourth-order valence-corrected chi connectivity index (χ4v) is 3.88. The van der Waals surface area contributed by atoms with Crippen molar-refractivity contribution in [3.8, 4) is 0 Å². The van der Waals surface area contributed by atoms with Crippen LogP contribution in [0.15, 0.2) is 6.07 Å². The van der Waals surface area contributed by atoms with Crippen molar-refractivity contribution in [2.24, 2.45) is 5.92 Å². The number of hydrogen-bond acceptors (Lipinski definition) is 4. The number of likely N-dealkylation sites (N-methyl/N-ethyl adjacent to an activating group) is 1. The topological polar surface area (TPSA) is 67.7 Å². The highest BCUT2D eigenvalue weighted by atomic mass is 16.6. The van der Waals surface area contributed by atoms with E-state index in [9.17, 15) is 9.59 Å². The molecule has 0 radical (unpaired) electrons. The number of piperidine rings is 1. The van der Waals surface area contributed by atoms with E-state index < -0.39 is 5.60 Å². The average Bonchev–Trinajstić information content (AvgIpc) is 3.15. The van der Waals surface area contributed by atoms with Crippen LogP contribution < -0.4 is 0 Å². The van der Waals surface area contributed by atoms with Crippen molar-refractivity contribution in [2.45, 2.75) is 59.1 Å². The standard InChI is InChI=1S/C19H30N4O3/c1-5-21-13-19(26-18(21)25)7-9-22(10-8-19)17(24)16-12-15(11-14(3)4)20-23(16)6-2/h12,14H,5-11,13H2,1-4H3. The number of amides is 2. The van der Waals surface area contributed by atoms with E-state index in [1.54, 1.807) is 9.58 Å². The Morgan fingerprint density at radius 1 is 1.27 bits per heavy atom. The summed E-state index contributed by atoms with van der Waals surface area (Å²) in [5, 5.41) is 4.58. The minimum Gasteiger partial charge on any atom is -0.441 e. The smallest absolute Gasteiger partial charge is 0.410 e. The average molecular weight is 362 g/mol. The van der Waals surface area contributed by atoms with Gasteiger partial charge in [-0.3, -0.25) is 9.48 Å². The van der Waals surface area contributed by atoms with Crippen molar-refractivity contribution in [3.05, 3.63) is 17.5 Å². The first-order valence-corrected chi connectivity index (χ1v) is 9.71. The SMILES string of the molecule is CCN1CC2(CCN(C(=O)c3cc(CC(C)C)nn3CC)CC2)OC1=O. The van der Waals surface area contributed by atoms with Crippen molar-refractivity contribution in [3.63, 3.8) is 0 Å². The van der Waals surface area contributed by atoms with Crippen LogP contribution in [0.4, 0.5) is 4.79 Å². The lowest BCUT2D eigenvalue weighted by Gasteiger charge is -2.37. The molecule has 0 aliphatic carbocycles. The number of ether oxygens (including phenoxy) is 1. The van der Waals surface area contributed by atoms with Gasteiger partial charge < -0.3 is 14.5 Å². The number of aryl methyl sites for hydroxylation is 1. The van der Waals surface area contributed by atoms with E-state index in [1.165, 1.54) is 0 Å². The monoisotopic (exact) mass is 362 g/mol. The lowest BCUT2D eigenvalue weighted by molar-refractivity contribution is 0.00281. The van der Waals surface area contributed by atoms with Crippen LogP contribution in [0.2, 0.25) is 0 Å². The molecule has 2 fully saturated rings. The van der Waals surface area contributed by atoms with E-state index >= 15 is 0 Å². The van der Waals surface area contributed by atoms with Crippen LogP contribution in [0.5, 0.6) is 0 Å². The molecule has 0 aromatic carbocycles. The Kier molecular flexibility index (Phi) is 5.25. The molecule has 0 N–H and O–H groups in total. The lowest BCUT2D eigenvalue weighted by Crippen LogP contribution is -2.49. The molecular weight excluding hydrogens is 332 g/mol. The summed E-state index contributed by atoms with van der Waals surface area (Å²) in [6, 6.07) is 1.94. The highest BCUT2D eigenvalue weighted by Gasteiger charge is 2.47.